The van der Waals surface area contributed by atoms with E-state index in [1.165, 1.54) is 12.5 Å². The highest BCUT2D eigenvalue weighted by molar-refractivity contribution is 5.21. The van der Waals surface area contributed by atoms with E-state index in [1.54, 1.807) is 12.1 Å². The van der Waals surface area contributed by atoms with Crippen LogP contribution in [0.15, 0.2) is 24.3 Å². The number of halogens is 1. The third-order valence-electron chi connectivity index (χ3n) is 4.30. The molecule has 1 aliphatic carbocycles. The maximum Gasteiger partial charge on any atom is 0.127 e. The predicted molar refractivity (Wildman–Crippen MR) is 77.3 cm³/mol. The molecule has 0 radical (unpaired) electrons. The Morgan fingerprint density at radius 3 is 2.63 bits per heavy atom. The molecule has 2 N–H and O–H groups in total. The van der Waals surface area contributed by atoms with Gasteiger partial charge in [-0.05, 0) is 37.3 Å². The molecule has 0 aliphatic heterocycles. The lowest BCUT2D eigenvalue weighted by molar-refractivity contribution is 0.251. The van der Waals surface area contributed by atoms with Crippen LogP contribution in [-0.2, 0) is 0 Å². The van der Waals surface area contributed by atoms with Gasteiger partial charge in [-0.1, -0.05) is 32.0 Å². The van der Waals surface area contributed by atoms with E-state index in [1.807, 2.05) is 6.07 Å². The quantitative estimate of drug-likeness (QED) is 0.855. The minimum Gasteiger partial charge on any atom is -0.324 e. The first-order valence-corrected chi connectivity index (χ1v) is 7.17. The number of hydrogen-bond donors (Lipinski definition) is 1. The third kappa shape index (κ3) is 3.77. The maximum absolute atomic E-state index is 13.7. The van der Waals surface area contributed by atoms with Crippen molar-refractivity contribution in [1.29, 1.82) is 0 Å². The fourth-order valence-electron chi connectivity index (χ4n) is 2.79. The maximum atomic E-state index is 13.7. The molecule has 19 heavy (non-hydrogen) atoms. The fraction of sp³-hybridized carbons (Fsp3) is 0.625. The van der Waals surface area contributed by atoms with Crippen LogP contribution in [0, 0.1) is 23.6 Å². The van der Waals surface area contributed by atoms with Crippen LogP contribution in [0.3, 0.4) is 0 Å². The third-order valence-corrected chi connectivity index (χ3v) is 4.30. The molecule has 0 heterocycles. The number of nitrogens with zero attached hydrogens (tertiary/aromatic N) is 1. The Hall–Kier alpha value is -0.930. The van der Waals surface area contributed by atoms with Gasteiger partial charge in [-0.3, -0.25) is 0 Å². The molecule has 0 saturated heterocycles. The molecule has 2 rings (SSSR count). The van der Waals surface area contributed by atoms with Gasteiger partial charge in [0, 0.05) is 24.7 Å². The smallest absolute Gasteiger partial charge is 0.127 e. The second kappa shape index (κ2) is 6.02. The van der Waals surface area contributed by atoms with Crippen LogP contribution < -0.4 is 5.73 Å². The lowest BCUT2D eigenvalue weighted by Crippen LogP contribution is -2.32. The summed E-state index contributed by atoms with van der Waals surface area (Å²) in [6, 6.07) is 6.59. The summed E-state index contributed by atoms with van der Waals surface area (Å²) in [6.45, 7) is 6.45. The van der Waals surface area contributed by atoms with E-state index >= 15 is 0 Å². The molecule has 4 atom stereocenters. The molecule has 106 valence electrons. The SMILES string of the molecule is CC1CC1CN(C)CC(C)C(N)c1ccccc1F. The summed E-state index contributed by atoms with van der Waals surface area (Å²) in [6.07, 6.45) is 1.35. The van der Waals surface area contributed by atoms with Crippen molar-refractivity contribution in [1.82, 2.24) is 4.90 Å². The molecule has 1 aromatic rings. The monoisotopic (exact) mass is 264 g/mol. The van der Waals surface area contributed by atoms with Crippen molar-refractivity contribution in [3.8, 4) is 0 Å². The molecule has 1 aromatic carbocycles. The highest BCUT2D eigenvalue weighted by atomic mass is 19.1. The molecule has 0 amide bonds. The number of benzene rings is 1. The average molecular weight is 264 g/mol. The lowest BCUT2D eigenvalue weighted by atomic mass is 9.94. The van der Waals surface area contributed by atoms with Crippen LogP contribution in [0.5, 0.6) is 0 Å². The van der Waals surface area contributed by atoms with Crippen molar-refractivity contribution in [3.63, 3.8) is 0 Å². The van der Waals surface area contributed by atoms with Crippen molar-refractivity contribution in [2.24, 2.45) is 23.5 Å². The van der Waals surface area contributed by atoms with Gasteiger partial charge in [-0.15, -0.1) is 0 Å². The minimum atomic E-state index is -0.236. The topological polar surface area (TPSA) is 29.3 Å². The summed E-state index contributed by atoms with van der Waals surface area (Å²) >= 11 is 0. The second-order valence-electron chi connectivity index (χ2n) is 6.22. The van der Waals surface area contributed by atoms with E-state index in [0.29, 0.717) is 5.56 Å². The molecular weight excluding hydrogens is 239 g/mol. The van der Waals surface area contributed by atoms with Gasteiger partial charge in [0.1, 0.15) is 5.82 Å². The minimum absolute atomic E-state index is 0.194. The van der Waals surface area contributed by atoms with E-state index in [4.69, 9.17) is 5.73 Å². The average Bonchev–Trinajstić information content (AvgIpc) is 3.04. The number of rotatable bonds is 6. The zero-order valence-electron chi connectivity index (χ0n) is 12.1. The molecule has 2 nitrogen and oxygen atoms in total. The fourth-order valence-corrected chi connectivity index (χ4v) is 2.79. The molecule has 4 unspecified atom stereocenters. The van der Waals surface area contributed by atoms with Crippen molar-refractivity contribution < 1.29 is 4.39 Å². The largest absolute Gasteiger partial charge is 0.324 e. The normalized spacial score (nSPS) is 25.4. The highest BCUT2D eigenvalue weighted by Crippen LogP contribution is 2.38. The molecule has 0 spiro atoms. The predicted octanol–water partition coefficient (Wildman–Crippen LogP) is 3.05. The standard InChI is InChI=1S/C16H25FN2/c1-11-8-13(11)10-19(3)9-12(2)16(18)14-6-4-5-7-15(14)17/h4-7,11-13,16H,8-10,18H2,1-3H3. The van der Waals surface area contributed by atoms with Crippen LogP contribution in [0.25, 0.3) is 0 Å². The molecule has 0 bridgehead atoms. The first kappa shape index (κ1) is 14.5. The summed E-state index contributed by atoms with van der Waals surface area (Å²) in [5, 5.41) is 0. The van der Waals surface area contributed by atoms with E-state index in [-0.39, 0.29) is 17.8 Å². The molecule has 3 heteroatoms. The zero-order valence-corrected chi connectivity index (χ0v) is 12.1. The van der Waals surface area contributed by atoms with Crippen LogP contribution in [0.2, 0.25) is 0 Å². The van der Waals surface area contributed by atoms with Gasteiger partial charge >= 0.3 is 0 Å². The Kier molecular flexibility index (Phi) is 4.58. The van der Waals surface area contributed by atoms with Gasteiger partial charge in [0.05, 0.1) is 0 Å². The van der Waals surface area contributed by atoms with E-state index in [2.05, 4.69) is 25.8 Å². The van der Waals surface area contributed by atoms with E-state index in [0.717, 1.165) is 24.9 Å². The first-order valence-electron chi connectivity index (χ1n) is 7.17. The van der Waals surface area contributed by atoms with E-state index < -0.39 is 0 Å². The molecular formula is C16H25FN2. The Balaban J connectivity index is 1.88. The molecule has 1 saturated carbocycles. The second-order valence-corrected chi connectivity index (χ2v) is 6.22. The van der Waals surface area contributed by atoms with Crippen molar-refractivity contribution >= 4 is 0 Å². The van der Waals surface area contributed by atoms with Gasteiger partial charge in [0.2, 0.25) is 0 Å². The summed E-state index contributed by atoms with van der Waals surface area (Å²) < 4.78 is 13.7. The summed E-state index contributed by atoms with van der Waals surface area (Å²) in [5.41, 5.74) is 6.82. The van der Waals surface area contributed by atoms with Gasteiger partial charge in [-0.25, -0.2) is 4.39 Å². The van der Waals surface area contributed by atoms with Crippen molar-refractivity contribution in [2.45, 2.75) is 26.3 Å². The molecule has 0 aromatic heterocycles. The Labute approximate surface area is 115 Å². The zero-order chi connectivity index (χ0) is 14.0. The van der Waals surface area contributed by atoms with E-state index in [9.17, 15) is 4.39 Å². The Morgan fingerprint density at radius 1 is 1.42 bits per heavy atom. The van der Waals surface area contributed by atoms with Gasteiger partial charge < -0.3 is 10.6 Å². The van der Waals surface area contributed by atoms with Gasteiger partial charge in [0.25, 0.3) is 0 Å². The summed E-state index contributed by atoms with van der Waals surface area (Å²) in [5.74, 6) is 1.77. The molecule has 1 aliphatic rings. The summed E-state index contributed by atoms with van der Waals surface area (Å²) in [4.78, 5) is 2.33. The lowest BCUT2D eigenvalue weighted by Gasteiger charge is -2.26. The van der Waals surface area contributed by atoms with Crippen molar-refractivity contribution in [3.05, 3.63) is 35.6 Å². The van der Waals surface area contributed by atoms with Gasteiger partial charge in [0.15, 0.2) is 0 Å². The Morgan fingerprint density at radius 2 is 2.05 bits per heavy atom. The Bertz CT molecular complexity index is 421. The summed E-state index contributed by atoms with van der Waals surface area (Å²) in [7, 11) is 2.13. The first-order chi connectivity index (χ1) is 8.99. The van der Waals surface area contributed by atoms with Gasteiger partial charge in [-0.2, -0.15) is 0 Å². The van der Waals surface area contributed by atoms with Crippen LogP contribution in [0.1, 0.15) is 31.9 Å². The number of hydrogen-bond acceptors (Lipinski definition) is 2. The van der Waals surface area contributed by atoms with Crippen LogP contribution in [-0.4, -0.2) is 25.0 Å². The van der Waals surface area contributed by atoms with Crippen LogP contribution in [0.4, 0.5) is 4.39 Å². The van der Waals surface area contributed by atoms with Crippen LogP contribution >= 0.6 is 0 Å². The molecule has 1 fully saturated rings. The number of nitrogens with two attached hydrogens (primary N) is 1. The highest BCUT2D eigenvalue weighted by Gasteiger charge is 2.33. The van der Waals surface area contributed by atoms with Crippen molar-refractivity contribution in [2.75, 3.05) is 20.1 Å².